The largest absolute Gasteiger partial charge is 0.461 e. The van der Waals surface area contributed by atoms with Gasteiger partial charge in [0.15, 0.2) is 5.12 Å². The number of carbonyl (C=O) groups excluding carboxylic acids is 3. The molecule has 1 aromatic rings. The molecule has 1 aliphatic rings. The lowest BCUT2D eigenvalue weighted by molar-refractivity contribution is -0.173. The van der Waals surface area contributed by atoms with Gasteiger partial charge in [-0.25, -0.2) is 4.79 Å². The van der Waals surface area contributed by atoms with Crippen molar-refractivity contribution in [2.45, 2.75) is 31.9 Å². The third-order valence-corrected chi connectivity index (χ3v) is 4.11. The number of rotatable bonds is 6. The van der Waals surface area contributed by atoms with Gasteiger partial charge in [0.2, 0.25) is 0 Å². The van der Waals surface area contributed by atoms with Gasteiger partial charge in [-0.1, -0.05) is 30.0 Å². The molecular weight excluding hydrogens is 318 g/mol. The number of carbonyl (C=O) groups is 3. The molecule has 0 bridgehead atoms. The molecule has 0 radical (unpaired) electrons. The van der Waals surface area contributed by atoms with Crippen LogP contribution >= 0.6 is 11.8 Å². The summed E-state index contributed by atoms with van der Waals surface area (Å²) in [4.78, 5) is 34.9. The van der Waals surface area contributed by atoms with Gasteiger partial charge >= 0.3 is 11.9 Å². The average molecular weight is 337 g/mol. The molecule has 0 amide bonds. The van der Waals surface area contributed by atoms with Crippen molar-refractivity contribution in [3.63, 3.8) is 0 Å². The molecule has 0 aliphatic carbocycles. The SMILES string of the molecule is CC(=O)SCCC(=O)OC(=O)[C@]1(Oc2ccccc2)CCCN1. The van der Waals surface area contributed by atoms with Crippen LogP contribution in [0, 0.1) is 0 Å². The molecule has 1 aromatic carbocycles. The van der Waals surface area contributed by atoms with Gasteiger partial charge in [-0.3, -0.25) is 14.9 Å². The van der Waals surface area contributed by atoms with E-state index < -0.39 is 17.7 Å². The predicted molar refractivity (Wildman–Crippen MR) is 85.9 cm³/mol. The Bertz CT molecular complexity index is 569. The Hall–Kier alpha value is -1.86. The second-order valence-corrected chi connectivity index (χ2v) is 6.40. The zero-order valence-corrected chi connectivity index (χ0v) is 13.7. The smallest absolute Gasteiger partial charge is 0.373 e. The third-order valence-electron chi connectivity index (χ3n) is 3.30. The van der Waals surface area contributed by atoms with Gasteiger partial charge in [-0.05, 0) is 25.1 Å². The quantitative estimate of drug-likeness (QED) is 0.627. The summed E-state index contributed by atoms with van der Waals surface area (Å²) in [5.41, 5.74) is -1.33. The highest BCUT2D eigenvalue weighted by Crippen LogP contribution is 2.26. The lowest BCUT2D eigenvalue weighted by Gasteiger charge is -2.27. The summed E-state index contributed by atoms with van der Waals surface area (Å²) in [5.74, 6) is -0.579. The lowest BCUT2D eigenvalue weighted by atomic mass is 10.1. The number of esters is 2. The number of thioether (sulfide) groups is 1. The van der Waals surface area contributed by atoms with Gasteiger partial charge in [0, 0.05) is 19.1 Å². The van der Waals surface area contributed by atoms with Gasteiger partial charge in [0.25, 0.3) is 5.72 Å². The number of para-hydroxylation sites is 1. The van der Waals surface area contributed by atoms with E-state index in [0.29, 0.717) is 24.5 Å². The van der Waals surface area contributed by atoms with Crippen LogP contribution in [0.5, 0.6) is 5.75 Å². The van der Waals surface area contributed by atoms with Crippen LogP contribution in [0.1, 0.15) is 26.2 Å². The van der Waals surface area contributed by atoms with E-state index in [9.17, 15) is 14.4 Å². The van der Waals surface area contributed by atoms with Gasteiger partial charge in [0.1, 0.15) is 5.75 Å². The second-order valence-electron chi connectivity index (χ2n) is 5.12. The van der Waals surface area contributed by atoms with E-state index in [1.807, 2.05) is 6.07 Å². The molecule has 1 atom stereocenters. The van der Waals surface area contributed by atoms with Crippen molar-refractivity contribution in [3.05, 3.63) is 30.3 Å². The summed E-state index contributed by atoms with van der Waals surface area (Å²) in [5, 5.41) is 2.91. The first-order chi connectivity index (χ1) is 11.0. The third kappa shape index (κ3) is 5.07. The minimum Gasteiger partial charge on any atom is -0.461 e. The standard InChI is InChI=1S/C16H19NO5S/c1-12(18)23-11-8-14(19)21-15(20)16(9-5-10-17-16)22-13-6-3-2-4-7-13/h2-4,6-7,17H,5,8-11H2,1H3/t16-/m1/s1. The fourth-order valence-corrected chi connectivity index (χ4v) is 2.78. The maximum Gasteiger partial charge on any atom is 0.373 e. The summed E-state index contributed by atoms with van der Waals surface area (Å²) in [6.45, 7) is 2.03. The molecule has 1 saturated heterocycles. The molecule has 23 heavy (non-hydrogen) atoms. The first-order valence-electron chi connectivity index (χ1n) is 7.39. The van der Waals surface area contributed by atoms with Crippen LogP contribution in [-0.4, -0.2) is 35.1 Å². The highest BCUT2D eigenvalue weighted by molar-refractivity contribution is 8.13. The maximum absolute atomic E-state index is 12.4. The van der Waals surface area contributed by atoms with E-state index in [2.05, 4.69) is 5.32 Å². The average Bonchev–Trinajstić information content (AvgIpc) is 2.97. The molecule has 1 fully saturated rings. The van der Waals surface area contributed by atoms with Crippen molar-refractivity contribution >= 4 is 28.8 Å². The Morgan fingerprint density at radius 2 is 2.00 bits per heavy atom. The van der Waals surface area contributed by atoms with Crippen molar-refractivity contribution in [3.8, 4) is 5.75 Å². The normalized spacial score (nSPS) is 20.0. The second kappa shape index (κ2) is 8.12. The van der Waals surface area contributed by atoms with E-state index in [1.165, 1.54) is 6.92 Å². The van der Waals surface area contributed by atoms with Crippen LogP contribution in [0.2, 0.25) is 0 Å². The molecule has 0 unspecified atom stereocenters. The molecule has 0 aromatic heterocycles. The fraction of sp³-hybridized carbons (Fsp3) is 0.438. The first-order valence-corrected chi connectivity index (χ1v) is 8.38. The van der Waals surface area contributed by atoms with Crippen LogP contribution < -0.4 is 10.1 Å². The lowest BCUT2D eigenvalue weighted by Crippen LogP contribution is -2.54. The zero-order chi connectivity index (χ0) is 16.7. The van der Waals surface area contributed by atoms with E-state index in [-0.39, 0.29) is 11.5 Å². The minimum absolute atomic E-state index is 0.00258. The number of hydrogen-bond donors (Lipinski definition) is 1. The highest BCUT2D eigenvalue weighted by Gasteiger charge is 2.46. The summed E-state index contributed by atoms with van der Waals surface area (Å²) < 4.78 is 10.7. The van der Waals surface area contributed by atoms with E-state index >= 15 is 0 Å². The zero-order valence-electron chi connectivity index (χ0n) is 12.9. The summed E-state index contributed by atoms with van der Waals surface area (Å²) >= 11 is 1.02. The highest BCUT2D eigenvalue weighted by atomic mass is 32.2. The molecule has 1 heterocycles. The number of ether oxygens (including phenoxy) is 2. The molecule has 1 N–H and O–H groups in total. The van der Waals surface area contributed by atoms with Crippen LogP contribution in [0.4, 0.5) is 0 Å². The summed E-state index contributed by atoms with van der Waals surface area (Å²) in [6.07, 6.45) is 1.17. The molecule has 1 aliphatic heterocycles. The van der Waals surface area contributed by atoms with Gasteiger partial charge in [-0.15, -0.1) is 0 Å². The monoisotopic (exact) mass is 337 g/mol. The van der Waals surface area contributed by atoms with Gasteiger partial charge in [0.05, 0.1) is 6.42 Å². The Balaban J connectivity index is 1.95. The van der Waals surface area contributed by atoms with Crippen molar-refractivity contribution in [1.82, 2.24) is 5.32 Å². The topological polar surface area (TPSA) is 81.7 Å². The van der Waals surface area contributed by atoms with Crippen LogP contribution in [0.15, 0.2) is 30.3 Å². The Morgan fingerprint density at radius 3 is 2.61 bits per heavy atom. The van der Waals surface area contributed by atoms with Gasteiger partial charge < -0.3 is 9.47 Å². The minimum atomic E-state index is -1.33. The summed E-state index contributed by atoms with van der Waals surface area (Å²) in [6, 6.07) is 8.91. The summed E-state index contributed by atoms with van der Waals surface area (Å²) in [7, 11) is 0. The van der Waals surface area contributed by atoms with Crippen molar-refractivity contribution in [1.29, 1.82) is 0 Å². The molecule has 0 saturated carbocycles. The first kappa shape index (κ1) is 17.5. The fourth-order valence-electron chi connectivity index (χ4n) is 2.22. The number of benzene rings is 1. The maximum atomic E-state index is 12.4. The van der Waals surface area contributed by atoms with E-state index in [0.717, 1.165) is 18.2 Å². The van der Waals surface area contributed by atoms with Gasteiger partial charge in [-0.2, -0.15) is 0 Å². The van der Waals surface area contributed by atoms with E-state index in [4.69, 9.17) is 9.47 Å². The van der Waals surface area contributed by atoms with Crippen molar-refractivity contribution < 1.29 is 23.9 Å². The molecule has 6 nitrogen and oxygen atoms in total. The molecule has 0 spiro atoms. The van der Waals surface area contributed by atoms with Crippen LogP contribution in [0.3, 0.4) is 0 Å². The number of nitrogens with one attached hydrogen (secondary N) is 1. The Labute approximate surface area is 138 Å². The molecule has 124 valence electrons. The Kier molecular flexibility index (Phi) is 6.18. The van der Waals surface area contributed by atoms with Crippen LogP contribution in [0.25, 0.3) is 0 Å². The van der Waals surface area contributed by atoms with Crippen LogP contribution in [-0.2, 0) is 19.1 Å². The molecular formula is C16H19NO5S. The molecule has 2 rings (SSSR count). The number of hydrogen-bond acceptors (Lipinski definition) is 7. The molecule has 7 heteroatoms. The predicted octanol–water partition coefficient (Wildman–Crippen LogP) is 1.88. The van der Waals surface area contributed by atoms with Crippen molar-refractivity contribution in [2.75, 3.05) is 12.3 Å². The van der Waals surface area contributed by atoms with E-state index in [1.54, 1.807) is 24.3 Å². The van der Waals surface area contributed by atoms with Crippen molar-refractivity contribution in [2.24, 2.45) is 0 Å². The Morgan fingerprint density at radius 1 is 1.26 bits per heavy atom.